The van der Waals surface area contributed by atoms with Crippen molar-refractivity contribution in [3.05, 3.63) is 12.7 Å². The first-order valence-electron chi connectivity index (χ1n) is 4.22. The molecule has 1 rings (SSSR count). The summed E-state index contributed by atoms with van der Waals surface area (Å²) >= 11 is 0. The van der Waals surface area contributed by atoms with Gasteiger partial charge in [0.25, 0.3) is 0 Å². The van der Waals surface area contributed by atoms with Gasteiger partial charge in [0, 0.05) is 0 Å². The molecule has 2 atom stereocenters. The van der Waals surface area contributed by atoms with Crippen LogP contribution in [0.2, 0.25) is 0 Å². The highest BCUT2D eigenvalue weighted by atomic mass is 16.5. The van der Waals surface area contributed by atoms with E-state index >= 15 is 0 Å². The van der Waals surface area contributed by atoms with Crippen molar-refractivity contribution < 1.29 is 9.53 Å². The Bertz CT molecular complexity index is 189. The Hall–Kier alpha value is -0.830. The number of carbonyl (C=O) groups excluding carboxylic acids is 1. The SMILES string of the molecule is C=CC(=O)NC1CC1OC(C)C. The summed E-state index contributed by atoms with van der Waals surface area (Å²) in [7, 11) is 0. The van der Waals surface area contributed by atoms with Crippen molar-refractivity contribution in [1.82, 2.24) is 5.32 Å². The van der Waals surface area contributed by atoms with Gasteiger partial charge in [-0.25, -0.2) is 0 Å². The van der Waals surface area contributed by atoms with Gasteiger partial charge in [-0.3, -0.25) is 4.79 Å². The van der Waals surface area contributed by atoms with Crippen LogP contribution >= 0.6 is 0 Å². The minimum atomic E-state index is -0.116. The first-order valence-corrected chi connectivity index (χ1v) is 4.22. The maximum absolute atomic E-state index is 10.8. The van der Waals surface area contributed by atoms with E-state index in [0.717, 1.165) is 6.42 Å². The van der Waals surface area contributed by atoms with E-state index in [0.29, 0.717) is 0 Å². The molecule has 1 aliphatic carbocycles. The summed E-state index contributed by atoms with van der Waals surface area (Å²) in [5.74, 6) is -0.116. The first kappa shape index (κ1) is 9.26. The van der Waals surface area contributed by atoms with E-state index in [1.807, 2.05) is 13.8 Å². The number of nitrogens with one attached hydrogen (secondary N) is 1. The van der Waals surface area contributed by atoms with Crippen LogP contribution in [0.3, 0.4) is 0 Å². The Morgan fingerprint density at radius 3 is 2.92 bits per heavy atom. The van der Waals surface area contributed by atoms with E-state index in [-0.39, 0.29) is 24.2 Å². The van der Waals surface area contributed by atoms with Crippen LogP contribution in [0.25, 0.3) is 0 Å². The van der Waals surface area contributed by atoms with Gasteiger partial charge in [-0.1, -0.05) is 6.58 Å². The predicted molar refractivity (Wildman–Crippen MR) is 46.8 cm³/mol. The van der Waals surface area contributed by atoms with Gasteiger partial charge in [0.2, 0.25) is 5.91 Å². The summed E-state index contributed by atoms with van der Waals surface area (Å²) in [5, 5.41) is 2.78. The third kappa shape index (κ3) is 2.66. The molecule has 0 aliphatic heterocycles. The second-order valence-electron chi connectivity index (χ2n) is 3.28. The van der Waals surface area contributed by atoms with E-state index in [9.17, 15) is 4.79 Å². The summed E-state index contributed by atoms with van der Waals surface area (Å²) in [6, 6.07) is 0.206. The molecule has 12 heavy (non-hydrogen) atoms. The van der Waals surface area contributed by atoms with Gasteiger partial charge in [0.15, 0.2) is 0 Å². The lowest BCUT2D eigenvalue weighted by atomic mass is 10.5. The van der Waals surface area contributed by atoms with E-state index < -0.39 is 0 Å². The van der Waals surface area contributed by atoms with Gasteiger partial charge in [-0.15, -0.1) is 0 Å². The average molecular weight is 169 g/mol. The zero-order valence-corrected chi connectivity index (χ0v) is 7.54. The summed E-state index contributed by atoms with van der Waals surface area (Å²) in [5.41, 5.74) is 0. The van der Waals surface area contributed by atoms with Gasteiger partial charge in [-0.05, 0) is 26.3 Å². The van der Waals surface area contributed by atoms with Gasteiger partial charge in [0.05, 0.1) is 18.2 Å². The zero-order valence-electron chi connectivity index (χ0n) is 7.54. The Kier molecular flexibility index (Phi) is 2.87. The van der Waals surface area contributed by atoms with Crippen molar-refractivity contribution in [3.8, 4) is 0 Å². The molecule has 0 aromatic heterocycles. The lowest BCUT2D eigenvalue weighted by molar-refractivity contribution is -0.116. The van der Waals surface area contributed by atoms with Crippen LogP contribution in [0.4, 0.5) is 0 Å². The highest BCUT2D eigenvalue weighted by Crippen LogP contribution is 2.26. The number of amides is 1. The van der Waals surface area contributed by atoms with Crippen LogP contribution in [0.15, 0.2) is 12.7 Å². The topological polar surface area (TPSA) is 38.3 Å². The number of hydrogen-bond acceptors (Lipinski definition) is 2. The maximum Gasteiger partial charge on any atom is 0.243 e. The fourth-order valence-corrected chi connectivity index (χ4v) is 1.07. The summed E-state index contributed by atoms with van der Waals surface area (Å²) < 4.78 is 5.47. The Labute approximate surface area is 72.8 Å². The van der Waals surface area contributed by atoms with Crippen LogP contribution in [-0.4, -0.2) is 24.2 Å². The number of hydrogen-bond donors (Lipinski definition) is 1. The highest BCUT2D eigenvalue weighted by Gasteiger charge is 2.39. The van der Waals surface area contributed by atoms with Crippen molar-refractivity contribution in [1.29, 1.82) is 0 Å². The molecule has 1 saturated carbocycles. The molecule has 1 N–H and O–H groups in total. The molecule has 3 nitrogen and oxygen atoms in total. The molecule has 1 fully saturated rings. The van der Waals surface area contributed by atoms with Crippen LogP contribution in [0.5, 0.6) is 0 Å². The second kappa shape index (κ2) is 3.72. The monoisotopic (exact) mass is 169 g/mol. The lowest BCUT2D eigenvalue weighted by Gasteiger charge is -2.06. The molecule has 0 saturated heterocycles. The first-order chi connectivity index (χ1) is 5.63. The molecule has 0 aromatic rings. The third-order valence-corrected chi connectivity index (χ3v) is 1.69. The largest absolute Gasteiger partial charge is 0.373 e. The van der Waals surface area contributed by atoms with Crippen molar-refractivity contribution >= 4 is 5.91 Å². The lowest BCUT2D eigenvalue weighted by Crippen LogP contribution is -2.26. The Morgan fingerprint density at radius 1 is 1.75 bits per heavy atom. The molecule has 0 radical (unpaired) electrons. The second-order valence-corrected chi connectivity index (χ2v) is 3.28. The van der Waals surface area contributed by atoms with Gasteiger partial charge in [-0.2, -0.15) is 0 Å². The number of rotatable bonds is 4. The van der Waals surface area contributed by atoms with Gasteiger partial charge in [0.1, 0.15) is 0 Å². The van der Waals surface area contributed by atoms with Crippen molar-refractivity contribution in [3.63, 3.8) is 0 Å². The molecule has 3 heteroatoms. The Balaban J connectivity index is 2.16. The van der Waals surface area contributed by atoms with Crippen LogP contribution < -0.4 is 5.32 Å². The van der Waals surface area contributed by atoms with Crippen LogP contribution in [-0.2, 0) is 9.53 Å². The Morgan fingerprint density at radius 2 is 2.42 bits per heavy atom. The predicted octanol–water partition coefficient (Wildman–Crippen LogP) is 0.854. The molecule has 2 unspecified atom stereocenters. The number of carbonyl (C=O) groups is 1. The zero-order chi connectivity index (χ0) is 9.14. The fraction of sp³-hybridized carbons (Fsp3) is 0.667. The van der Waals surface area contributed by atoms with Crippen LogP contribution in [0, 0.1) is 0 Å². The van der Waals surface area contributed by atoms with Gasteiger partial charge >= 0.3 is 0 Å². The van der Waals surface area contributed by atoms with Crippen molar-refractivity contribution in [2.45, 2.75) is 38.5 Å². The van der Waals surface area contributed by atoms with Gasteiger partial charge < -0.3 is 10.1 Å². The number of ether oxygens (including phenoxy) is 1. The molecule has 0 heterocycles. The van der Waals surface area contributed by atoms with Crippen LogP contribution in [0.1, 0.15) is 20.3 Å². The molecular formula is C9H15NO2. The molecule has 1 amide bonds. The maximum atomic E-state index is 10.8. The fourth-order valence-electron chi connectivity index (χ4n) is 1.07. The molecule has 0 spiro atoms. The molecule has 1 aliphatic rings. The minimum Gasteiger partial charge on any atom is -0.373 e. The van der Waals surface area contributed by atoms with E-state index in [1.165, 1.54) is 6.08 Å². The summed E-state index contributed by atoms with van der Waals surface area (Å²) in [6.07, 6.45) is 2.66. The smallest absolute Gasteiger partial charge is 0.243 e. The quantitative estimate of drug-likeness (QED) is 0.634. The van der Waals surface area contributed by atoms with E-state index in [4.69, 9.17) is 4.74 Å². The molecule has 68 valence electrons. The summed E-state index contributed by atoms with van der Waals surface area (Å²) in [6.45, 7) is 7.36. The van der Waals surface area contributed by atoms with Crippen molar-refractivity contribution in [2.24, 2.45) is 0 Å². The molecular weight excluding hydrogens is 154 g/mol. The average Bonchev–Trinajstić information content (AvgIpc) is 2.66. The molecule has 0 aromatic carbocycles. The minimum absolute atomic E-state index is 0.116. The normalized spacial score (nSPS) is 26.9. The molecule has 0 bridgehead atoms. The van der Waals surface area contributed by atoms with Crippen molar-refractivity contribution in [2.75, 3.05) is 0 Å². The summed E-state index contributed by atoms with van der Waals surface area (Å²) in [4.78, 5) is 10.8. The van der Waals surface area contributed by atoms with E-state index in [1.54, 1.807) is 0 Å². The standard InChI is InChI=1S/C9H15NO2/c1-4-9(11)10-7-5-8(7)12-6(2)3/h4,6-8H,1,5H2,2-3H3,(H,10,11). The highest BCUT2D eigenvalue weighted by molar-refractivity contribution is 5.87. The third-order valence-electron chi connectivity index (χ3n) is 1.69. The van der Waals surface area contributed by atoms with E-state index in [2.05, 4.69) is 11.9 Å².